The zero-order chi connectivity index (χ0) is 78.3. The van der Waals surface area contributed by atoms with Crippen LogP contribution in [0.3, 0.4) is 0 Å². The molecule has 2 saturated carbocycles. The van der Waals surface area contributed by atoms with Crippen molar-refractivity contribution in [2.75, 3.05) is 54.0 Å². The monoisotopic (exact) mass is 1500 g/mol. The molecule has 4 saturated heterocycles. The van der Waals surface area contributed by atoms with Gasteiger partial charge in [0.2, 0.25) is 23.6 Å². The molecule has 24 nitrogen and oxygen atoms in total. The highest BCUT2D eigenvalue weighted by molar-refractivity contribution is 6.24. The number of aromatic nitrogens is 2. The predicted octanol–water partition coefficient (Wildman–Crippen LogP) is 13.1. The van der Waals surface area contributed by atoms with E-state index in [-0.39, 0.29) is 77.2 Å². The van der Waals surface area contributed by atoms with Gasteiger partial charge in [0.1, 0.15) is 29.4 Å². The zero-order valence-electron chi connectivity index (χ0n) is 63.5. The number of carbonyl (C=O) groups excluding carboxylic acids is 8. The molecule has 2 aromatic heterocycles. The number of rotatable bonds is 19. The van der Waals surface area contributed by atoms with Crippen LogP contribution in [-0.2, 0) is 39.6 Å². The lowest BCUT2D eigenvalue weighted by atomic mass is 9.97. The van der Waals surface area contributed by atoms with Gasteiger partial charge >= 0.3 is 0 Å². The standard InChI is InChI=1S/C43H44N6O6.C30H36N4O2.C13H9FN2O4/c1-25-5-6-29(39-27(3)46-55-28(39)4)21-37(25)48(31-9-7-30(8-10-31)43(24-44)17-18-43)23-26(2)54-33-15-19-47(20-16-33)32-11-12-34-35(22-32)42(53)49(41(34)52)36-13-14-38(50)45-40(36)51;1-20-6-7-24(29-22(3)33-36-23(29)4)18-28(20)34(19-21(2)35-27-12-16-32-17-13-27)26-10-8-25(9-11-26)30(31-5)14-15-30;14-6-1-2-7-8(5-6)13(20)16(12(7)19)9-3-4-10(17)15-11(9)18/h5-12,21-22,26,33,36H,13-20,23H2,1-4H3,(H,45,50,51);6-11,18,21,27,32H,12-17,19H2,1-4H3;1-2,5,9H,3-4H2,(H,15,17,18). The Morgan fingerprint density at radius 1 is 0.568 bits per heavy atom. The first kappa shape index (κ1) is 76.3. The van der Waals surface area contributed by atoms with E-state index in [1.165, 1.54) is 11.6 Å². The Bertz CT molecular complexity index is 5050. The summed E-state index contributed by atoms with van der Waals surface area (Å²) in [6.45, 7) is 28.8. The van der Waals surface area contributed by atoms with Gasteiger partial charge in [-0.3, -0.25) is 58.8 Å². The summed E-state index contributed by atoms with van der Waals surface area (Å²) in [4.78, 5) is 111. The fourth-order valence-electron chi connectivity index (χ4n) is 16.2. The molecule has 4 atom stereocenters. The topological polar surface area (TPSA) is 288 Å². The van der Waals surface area contributed by atoms with E-state index < -0.39 is 65.2 Å². The second kappa shape index (κ2) is 31.5. The molecular weight excluding hydrogens is 1410 g/mol. The summed E-state index contributed by atoms with van der Waals surface area (Å²) in [6, 6.07) is 39.0. The molecule has 6 aromatic carbocycles. The van der Waals surface area contributed by atoms with Crippen LogP contribution in [0.25, 0.3) is 27.1 Å². The lowest BCUT2D eigenvalue weighted by Crippen LogP contribution is -2.54. The van der Waals surface area contributed by atoms with E-state index in [9.17, 15) is 48.0 Å². The Morgan fingerprint density at radius 2 is 1.02 bits per heavy atom. The maximum atomic E-state index is 13.4. The number of amides is 8. The number of fused-ring (bicyclic) bond motifs is 2. The van der Waals surface area contributed by atoms with Crippen LogP contribution in [0, 0.1) is 65.3 Å². The van der Waals surface area contributed by atoms with Crippen LogP contribution < -0.4 is 30.7 Å². The molecule has 8 heterocycles. The molecule has 6 fully saturated rings. The smallest absolute Gasteiger partial charge is 0.262 e. The van der Waals surface area contributed by atoms with Crippen LogP contribution >= 0.6 is 0 Å². The van der Waals surface area contributed by atoms with E-state index in [4.69, 9.17) is 25.1 Å². The molecule has 25 heteroatoms. The maximum absolute atomic E-state index is 13.4. The molecular formula is C86H89FN12O12. The number of anilines is 5. The fraction of sp³-hybridized carbons (Fsp3) is 0.395. The maximum Gasteiger partial charge on any atom is 0.262 e. The second-order valence-electron chi connectivity index (χ2n) is 30.4. The van der Waals surface area contributed by atoms with Crippen LogP contribution in [0.15, 0.2) is 130 Å². The van der Waals surface area contributed by atoms with Gasteiger partial charge in [0, 0.05) is 97.0 Å². The zero-order valence-corrected chi connectivity index (χ0v) is 63.5. The minimum Gasteiger partial charge on any atom is -0.373 e. The number of hydrogen-bond acceptors (Lipinski definition) is 19. The summed E-state index contributed by atoms with van der Waals surface area (Å²) >= 11 is 0. The van der Waals surface area contributed by atoms with Crippen LogP contribution in [0.4, 0.5) is 32.8 Å². The third kappa shape index (κ3) is 15.6. The number of imide groups is 4. The lowest BCUT2D eigenvalue weighted by molar-refractivity contribution is -0.137. The van der Waals surface area contributed by atoms with Crippen molar-refractivity contribution in [3.63, 3.8) is 0 Å². The lowest BCUT2D eigenvalue weighted by Gasteiger charge is -2.36. The number of ether oxygens (including phenoxy) is 2. The van der Waals surface area contributed by atoms with Crippen LogP contribution in [-0.4, -0.2) is 143 Å². The SMILES string of the molecule is Cc1ccc(-c2c(C)noc2C)cc1N(CC(C)OC1CCN(c2ccc3c(c2)C(=O)N(C2CCC(=O)NC2=O)C3=O)CC1)c1ccc(C2(C#N)CC2)cc1.O=C1CCC(N2C(=O)c3ccc(F)cc3C2=O)C(=O)N1.[C-]#[N+]C1(c2ccc(N(CC(C)OC3CCNCC3)c3cc(-c4c(C)noc4C)ccc3C)cc2)CC1. The van der Waals surface area contributed by atoms with E-state index in [1.54, 1.807) is 12.1 Å². The van der Waals surface area contributed by atoms with E-state index in [2.05, 4.69) is 165 Å². The number of piperidine rings is 4. The van der Waals surface area contributed by atoms with Gasteiger partial charge in [0.15, 0.2) is 0 Å². The number of halogens is 1. The Morgan fingerprint density at radius 3 is 1.45 bits per heavy atom. The van der Waals surface area contributed by atoms with Crippen molar-refractivity contribution >= 4 is 75.7 Å². The number of nitriles is 1. The summed E-state index contributed by atoms with van der Waals surface area (Å²) < 4.78 is 37.4. The third-order valence-electron chi connectivity index (χ3n) is 22.6. The summed E-state index contributed by atoms with van der Waals surface area (Å²) in [5, 5.41) is 25.9. The molecule has 6 aliphatic heterocycles. The first-order valence-corrected chi connectivity index (χ1v) is 38.1. The van der Waals surface area contributed by atoms with Crippen molar-refractivity contribution in [2.45, 2.75) is 180 Å². The molecule has 8 aliphatic rings. The summed E-state index contributed by atoms with van der Waals surface area (Å²) in [6.07, 6.45) is 7.96. The average Bonchev–Trinajstić information content (AvgIpc) is 1.70. The van der Waals surface area contributed by atoms with Crippen molar-refractivity contribution in [3.8, 4) is 28.3 Å². The van der Waals surface area contributed by atoms with E-state index in [0.29, 0.717) is 25.7 Å². The van der Waals surface area contributed by atoms with Crippen LogP contribution in [0.1, 0.15) is 177 Å². The molecule has 16 rings (SSSR count). The van der Waals surface area contributed by atoms with Crippen molar-refractivity contribution in [1.29, 1.82) is 5.26 Å². The number of carbonyl (C=O) groups is 8. The molecule has 111 heavy (non-hydrogen) atoms. The van der Waals surface area contributed by atoms with Crippen molar-refractivity contribution < 1.29 is 61.3 Å². The first-order chi connectivity index (χ1) is 53.3. The van der Waals surface area contributed by atoms with Gasteiger partial charge in [-0.2, -0.15) is 5.26 Å². The number of benzene rings is 6. The summed E-state index contributed by atoms with van der Waals surface area (Å²) in [7, 11) is 0. The molecule has 3 N–H and O–H groups in total. The van der Waals surface area contributed by atoms with Gasteiger partial charge < -0.3 is 43.4 Å². The third-order valence-corrected chi connectivity index (χ3v) is 22.6. The van der Waals surface area contributed by atoms with E-state index in [0.717, 1.165) is 183 Å². The average molecular weight is 1500 g/mol. The van der Waals surface area contributed by atoms with Gasteiger partial charge in [0.25, 0.3) is 29.2 Å². The fourth-order valence-corrected chi connectivity index (χ4v) is 16.2. The number of aryl methyl sites for hydroxylation is 6. The highest BCUT2D eigenvalue weighted by Crippen LogP contribution is 2.51. The minimum absolute atomic E-state index is 0.0243. The molecule has 0 radical (unpaired) electrons. The number of nitrogens with one attached hydrogen (secondary N) is 3. The van der Waals surface area contributed by atoms with Gasteiger partial charge in [-0.25, -0.2) is 11.0 Å². The van der Waals surface area contributed by atoms with Crippen molar-refractivity contribution in [3.05, 3.63) is 206 Å². The predicted molar refractivity (Wildman–Crippen MR) is 412 cm³/mol. The summed E-state index contributed by atoms with van der Waals surface area (Å²) in [5.41, 5.74) is 15.5. The first-order valence-electron chi connectivity index (χ1n) is 38.1. The van der Waals surface area contributed by atoms with Crippen molar-refractivity contribution in [2.24, 2.45) is 0 Å². The molecule has 8 amide bonds. The van der Waals surface area contributed by atoms with E-state index >= 15 is 0 Å². The van der Waals surface area contributed by atoms with Gasteiger partial charge in [0.05, 0.1) is 69.5 Å². The molecule has 4 unspecified atom stereocenters. The molecule has 0 spiro atoms. The number of nitrogens with zero attached hydrogens (tertiary/aromatic N) is 9. The molecule has 572 valence electrons. The van der Waals surface area contributed by atoms with Gasteiger partial charge in [-0.15, -0.1) is 0 Å². The highest BCUT2D eigenvalue weighted by Gasteiger charge is 2.53. The van der Waals surface area contributed by atoms with Crippen LogP contribution in [0.2, 0.25) is 0 Å². The Labute approximate surface area is 643 Å². The normalized spacial score (nSPS) is 19.7. The van der Waals surface area contributed by atoms with Crippen molar-refractivity contribution in [1.82, 2.24) is 36.1 Å². The highest BCUT2D eigenvalue weighted by atomic mass is 19.1. The Balaban J connectivity index is 0.000000156. The molecule has 0 bridgehead atoms. The number of hydrogen-bond donors (Lipinski definition) is 3. The molecule has 8 aromatic rings. The van der Waals surface area contributed by atoms with Gasteiger partial charge in [-0.1, -0.05) is 46.7 Å². The molecule has 2 aliphatic carbocycles. The largest absolute Gasteiger partial charge is 0.373 e. The van der Waals surface area contributed by atoms with Gasteiger partial charge in [-0.05, 0) is 233 Å². The quantitative estimate of drug-likeness (QED) is 0.0501. The Kier molecular flexibility index (Phi) is 21.6. The second-order valence-corrected chi connectivity index (χ2v) is 30.4. The minimum atomic E-state index is -1.02. The Hall–Kier alpha value is -11.5. The van der Waals surface area contributed by atoms with Crippen LogP contribution in [0.5, 0.6) is 0 Å². The summed E-state index contributed by atoms with van der Waals surface area (Å²) in [5.74, 6) is -3.53. The van der Waals surface area contributed by atoms with E-state index in [1.807, 2.05) is 33.8 Å².